The first-order valence-electron chi connectivity index (χ1n) is 6.10. The Morgan fingerprint density at radius 1 is 1.24 bits per heavy atom. The van der Waals surface area contributed by atoms with Gasteiger partial charge in [-0.1, -0.05) is 19.9 Å². The second kappa shape index (κ2) is 4.91. The fourth-order valence-electron chi connectivity index (χ4n) is 2.37. The highest BCUT2D eigenvalue weighted by molar-refractivity contribution is 5.85. The number of nitrogens with one attached hydrogen (secondary N) is 1. The normalized spacial score (nSPS) is 24.6. The van der Waals surface area contributed by atoms with Crippen LogP contribution in [0.3, 0.4) is 0 Å². The lowest BCUT2D eigenvalue weighted by Gasteiger charge is -2.38. The van der Waals surface area contributed by atoms with Gasteiger partial charge in [0.1, 0.15) is 6.61 Å². The van der Waals surface area contributed by atoms with Gasteiger partial charge in [0.15, 0.2) is 11.5 Å². The molecule has 2 heterocycles. The van der Waals surface area contributed by atoms with E-state index in [9.17, 15) is 13.6 Å². The number of benzene rings is 1. The average molecular weight is 322 g/mol. The molecule has 1 fully saturated rings. The third kappa shape index (κ3) is 2.83. The van der Waals surface area contributed by atoms with Gasteiger partial charge in [-0.2, -0.15) is 0 Å². The van der Waals surface area contributed by atoms with Gasteiger partial charge in [-0.3, -0.25) is 0 Å². The highest BCUT2D eigenvalue weighted by atomic mass is 35.5. The molecule has 0 aromatic heterocycles. The maximum Gasteiger partial charge on any atom is 0.586 e. The van der Waals surface area contributed by atoms with Crippen LogP contribution in [0.25, 0.3) is 0 Å². The minimum atomic E-state index is -3.64. The standard InChI is InChI=1S/C13H13F2NO4.ClH/c1-12(2)6-18-11(17)16-10(12)7-3-4-8-9(5-7)20-13(14,15)19-8;/h3-5,10H,6H2,1-2H3,(H,16,17);1H/t10-;/m0./s1. The Bertz CT molecular complexity index is 579. The molecule has 0 radical (unpaired) electrons. The van der Waals surface area contributed by atoms with Crippen LogP contribution >= 0.6 is 12.4 Å². The summed E-state index contributed by atoms with van der Waals surface area (Å²) in [7, 11) is 0. The van der Waals surface area contributed by atoms with Gasteiger partial charge in [0.25, 0.3) is 0 Å². The lowest BCUT2D eigenvalue weighted by atomic mass is 9.80. The molecule has 116 valence electrons. The van der Waals surface area contributed by atoms with Crippen molar-refractivity contribution in [1.29, 1.82) is 0 Å². The summed E-state index contributed by atoms with van der Waals surface area (Å²) in [6, 6.07) is 4.13. The lowest BCUT2D eigenvalue weighted by Crippen LogP contribution is -2.46. The fraction of sp³-hybridized carbons (Fsp3) is 0.462. The monoisotopic (exact) mass is 321 g/mol. The summed E-state index contributed by atoms with van der Waals surface area (Å²) in [4.78, 5) is 11.4. The summed E-state index contributed by atoms with van der Waals surface area (Å²) in [6.07, 6.45) is -4.17. The van der Waals surface area contributed by atoms with E-state index in [2.05, 4.69) is 14.8 Å². The summed E-state index contributed by atoms with van der Waals surface area (Å²) in [5, 5.41) is 2.69. The molecule has 0 spiro atoms. The van der Waals surface area contributed by atoms with Crippen molar-refractivity contribution < 1.29 is 27.8 Å². The summed E-state index contributed by atoms with van der Waals surface area (Å²) in [5.41, 5.74) is 0.288. The zero-order chi connectivity index (χ0) is 14.5. The SMILES string of the molecule is CC1(C)COC(=O)N[C@H]1c1ccc2c(c1)OC(F)(F)O2.Cl. The van der Waals surface area contributed by atoms with Crippen LogP contribution in [0, 0.1) is 5.41 Å². The molecule has 1 aromatic rings. The molecule has 0 bridgehead atoms. The number of amides is 1. The summed E-state index contributed by atoms with van der Waals surface area (Å²) < 4.78 is 39.7. The van der Waals surface area contributed by atoms with Gasteiger partial charge >= 0.3 is 12.4 Å². The molecule has 21 heavy (non-hydrogen) atoms. The van der Waals surface area contributed by atoms with Crippen molar-refractivity contribution in [2.45, 2.75) is 26.2 Å². The van der Waals surface area contributed by atoms with Gasteiger partial charge in [-0.15, -0.1) is 21.2 Å². The second-order valence-electron chi connectivity index (χ2n) is 5.52. The van der Waals surface area contributed by atoms with Crippen molar-refractivity contribution in [3.05, 3.63) is 23.8 Å². The summed E-state index contributed by atoms with van der Waals surface area (Å²) >= 11 is 0. The Labute approximate surface area is 126 Å². The Balaban J connectivity index is 0.00000161. The largest absolute Gasteiger partial charge is 0.586 e. The lowest BCUT2D eigenvalue weighted by molar-refractivity contribution is -0.286. The van der Waals surface area contributed by atoms with Crippen molar-refractivity contribution in [1.82, 2.24) is 5.32 Å². The predicted molar refractivity (Wildman–Crippen MR) is 70.9 cm³/mol. The minimum absolute atomic E-state index is 0. The van der Waals surface area contributed by atoms with E-state index in [1.165, 1.54) is 12.1 Å². The topological polar surface area (TPSA) is 56.8 Å². The number of hydrogen-bond donors (Lipinski definition) is 1. The number of halogens is 3. The maximum atomic E-state index is 13.0. The van der Waals surface area contributed by atoms with E-state index in [0.29, 0.717) is 5.56 Å². The Hall–Kier alpha value is -1.76. The van der Waals surface area contributed by atoms with Gasteiger partial charge in [-0.25, -0.2) is 4.79 Å². The van der Waals surface area contributed by atoms with Crippen molar-refractivity contribution >= 4 is 18.5 Å². The Morgan fingerprint density at radius 3 is 2.62 bits per heavy atom. The quantitative estimate of drug-likeness (QED) is 0.862. The van der Waals surface area contributed by atoms with Gasteiger partial charge in [0.2, 0.25) is 0 Å². The van der Waals surface area contributed by atoms with Crippen LogP contribution < -0.4 is 14.8 Å². The zero-order valence-electron chi connectivity index (χ0n) is 11.3. The molecule has 2 aliphatic heterocycles. The number of alkyl carbamates (subject to hydrolysis) is 1. The molecule has 1 saturated heterocycles. The van der Waals surface area contributed by atoms with Crippen LogP contribution in [0.4, 0.5) is 13.6 Å². The molecule has 0 aliphatic carbocycles. The van der Waals surface area contributed by atoms with Crippen molar-refractivity contribution in [3.63, 3.8) is 0 Å². The molecule has 5 nitrogen and oxygen atoms in total. The third-order valence-corrected chi connectivity index (χ3v) is 3.38. The number of ether oxygens (including phenoxy) is 3. The number of cyclic esters (lactones) is 1. The van der Waals surface area contributed by atoms with E-state index in [-0.39, 0.29) is 42.0 Å². The van der Waals surface area contributed by atoms with Gasteiger partial charge in [-0.05, 0) is 17.7 Å². The number of carbonyl (C=O) groups excluding carboxylic acids is 1. The first-order chi connectivity index (χ1) is 9.27. The van der Waals surface area contributed by atoms with Crippen molar-refractivity contribution in [2.24, 2.45) is 5.41 Å². The maximum absolute atomic E-state index is 13.0. The highest BCUT2D eigenvalue weighted by Crippen LogP contribution is 2.44. The fourth-order valence-corrected chi connectivity index (χ4v) is 2.37. The number of hydrogen-bond acceptors (Lipinski definition) is 4. The predicted octanol–water partition coefficient (Wildman–Crippen LogP) is 3.24. The smallest absolute Gasteiger partial charge is 0.449 e. The van der Waals surface area contributed by atoms with Crippen LogP contribution in [-0.4, -0.2) is 19.0 Å². The Morgan fingerprint density at radius 2 is 1.90 bits per heavy atom. The number of fused-ring (bicyclic) bond motifs is 1. The van der Waals surface area contributed by atoms with E-state index < -0.39 is 12.4 Å². The molecule has 2 aliphatic rings. The molecule has 0 unspecified atom stereocenters. The number of carbonyl (C=O) groups is 1. The molecule has 8 heteroatoms. The van der Waals surface area contributed by atoms with E-state index in [0.717, 1.165) is 0 Å². The molecule has 3 rings (SSSR count). The van der Waals surface area contributed by atoms with E-state index in [1.807, 2.05) is 13.8 Å². The van der Waals surface area contributed by atoms with Gasteiger partial charge in [0.05, 0.1) is 6.04 Å². The van der Waals surface area contributed by atoms with Crippen molar-refractivity contribution in [2.75, 3.05) is 6.61 Å². The van der Waals surface area contributed by atoms with Gasteiger partial charge in [0, 0.05) is 5.41 Å². The van der Waals surface area contributed by atoms with E-state index in [1.54, 1.807) is 6.07 Å². The van der Waals surface area contributed by atoms with E-state index in [4.69, 9.17) is 4.74 Å². The van der Waals surface area contributed by atoms with Crippen LogP contribution in [0.15, 0.2) is 18.2 Å². The number of alkyl halides is 2. The van der Waals surface area contributed by atoms with Crippen molar-refractivity contribution in [3.8, 4) is 11.5 Å². The molecule has 0 saturated carbocycles. The average Bonchev–Trinajstić information content (AvgIpc) is 2.65. The first-order valence-corrected chi connectivity index (χ1v) is 6.10. The van der Waals surface area contributed by atoms with Crippen LogP contribution in [0.2, 0.25) is 0 Å². The molecule has 1 amide bonds. The number of rotatable bonds is 1. The van der Waals surface area contributed by atoms with Crippen LogP contribution in [0.5, 0.6) is 11.5 Å². The molecular formula is C13H14ClF2NO4. The molecule has 1 atom stereocenters. The summed E-state index contributed by atoms with van der Waals surface area (Å²) in [5.74, 6) is -0.0565. The first kappa shape index (κ1) is 15.6. The zero-order valence-corrected chi connectivity index (χ0v) is 12.1. The molecular weight excluding hydrogens is 308 g/mol. The Kier molecular flexibility index (Phi) is 3.65. The van der Waals surface area contributed by atoms with Gasteiger partial charge < -0.3 is 19.5 Å². The third-order valence-electron chi connectivity index (χ3n) is 3.38. The molecule has 1 aromatic carbocycles. The molecule has 1 N–H and O–H groups in total. The van der Waals surface area contributed by atoms with Crippen LogP contribution in [0.1, 0.15) is 25.5 Å². The van der Waals surface area contributed by atoms with Crippen LogP contribution in [-0.2, 0) is 4.74 Å². The highest BCUT2D eigenvalue weighted by Gasteiger charge is 2.44. The second-order valence-corrected chi connectivity index (χ2v) is 5.52. The van der Waals surface area contributed by atoms with E-state index >= 15 is 0 Å². The minimum Gasteiger partial charge on any atom is -0.449 e. The summed E-state index contributed by atoms with van der Waals surface area (Å²) in [6.45, 7) is 4.07.